The van der Waals surface area contributed by atoms with Gasteiger partial charge in [-0.15, -0.1) is 5.10 Å². The van der Waals surface area contributed by atoms with Crippen molar-refractivity contribution in [2.45, 2.75) is 25.3 Å². The molecule has 1 aliphatic rings. The van der Waals surface area contributed by atoms with Gasteiger partial charge in [-0.2, -0.15) is 0 Å². The first-order valence-corrected chi connectivity index (χ1v) is 5.71. The van der Waals surface area contributed by atoms with Crippen molar-refractivity contribution in [3.8, 4) is 5.75 Å². The summed E-state index contributed by atoms with van der Waals surface area (Å²) in [6.45, 7) is 0.649. The van der Waals surface area contributed by atoms with Crippen molar-refractivity contribution < 1.29 is 5.11 Å². The highest BCUT2D eigenvalue weighted by molar-refractivity contribution is 5.38. The second kappa shape index (κ2) is 3.76. The number of rotatable bonds is 3. The Morgan fingerprint density at radius 3 is 2.65 bits per heavy atom. The van der Waals surface area contributed by atoms with Crippen molar-refractivity contribution in [1.29, 1.82) is 0 Å². The predicted molar refractivity (Wildman–Crippen MR) is 63.6 cm³/mol. The molecule has 0 radical (unpaired) electrons. The van der Waals surface area contributed by atoms with Crippen molar-refractivity contribution >= 4 is 5.82 Å². The van der Waals surface area contributed by atoms with E-state index < -0.39 is 0 Å². The van der Waals surface area contributed by atoms with E-state index in [2.05, 4.69) is 10.3 Å². The Bertz CT molecular complexity index is 528. The van der Waals surface area contributed by atoms with E-state index in [0.717, 1.165) is 11.3 Å². The number of phenolic OH excluding ortho intramolecular Hbond substituents is 1. The molecule has 3 N–H and O–H groups in total. The summed E-state index contributed by atoms with van der Waals surface area (Å²) in [5.41, 5.74) is 7.96. The summed E-state index contributed by atoms with van der Waals surface area (Å²) in [6.07, 6.45) is 2.35. The van der Waals surface area contributed by atoms with Gasteiger partial charge in [-0.05, 0) is 30.5 Å². The van der Waals surface area contributed by atoms with Gasteiger partial charge in [-0.25, -0.2) is 4.68 Å². The fraction of sp³-hybridized carbons (Fsp3) is 0.333. The van der Waals surface area contributed by atoms with Crippen LogP contribution in [0.15, 0.2) is 24.3 Å². The molecule has 0 aliphatic heterocycles. The zero-order valence-electron chi connectivity index (χ0n) is 9.37. The average molecular weight is 230 g/mol. The smallest absolute Gasteiger partial charge is 0.169 e. The highest BCUT2D eigenvalue weighted by atomic mass is 16.3. The van der Waals surface area contributed by atoms with Gasteiger partial charge in [0.25, 0.3) is 0 Å². The standard InChI is InChI=1S/C12H14N4O/c13-12-11(9-3-4-9)16(15-14-12)7-8-1-5-10(17)6-2-8/h1-2,5-6,9,17H,3-4,7,13H2. The van der Waals surface area contributed by atoms with E-state index >= 15 is 0 Å². The number of aromatic nitrogens is 3. The zero-order chi connectivity index (χ0) is 11.8. The van der Waals surface area contributed by atoms with Gasteiger partial charge in [0.2, 0.25) is 0 Å². The summed E-state index contributed by atoms with van der Waals surface area (Å²) in [5, 5.41) is 17.2. The fourth-order valence-electron chi connectivity index (χ4n) is 2.00. The summed E-state index contributed by atoms with van der Waals surface area (Å²) in [5.74, 6) is 1.35. The van der Waals surface area contributed by atoms with E-state index in [0.29, 0.717) is 18.3 Å². The van der Waals surface area contributed by atoms with Crippen LogP contribution < -0.4 is 5.73 Å². The molecule has 0 spiro atoms. The third-order valence-electron chi connectivity index (χ3n) is 3.03. The molecule has 3 rings (SSSR count). The third-order valence-corrected chi connectivity index (χ3v) is 3.03. The predicted octanol–water partition coefficient (Wildman–Crippen LogP) is 1.49. The van der Waals surface area contributed by atoms with Gasteiger partial charge >= 0.3 is 0 Å². The molecule has 5 heteroatoms. The van der Waals surface area contributed by atoms with Crippen LogP contribution in [0.25, 0.3) is 0 Å². The van der Waals surface area contributed by atoms with Crippen LogP contribution in [-0.4, -0.2) is 20.1 Å². The van der Waals surface area contributed by atoms with Crippen molar-refractivity contribution in [1.82, 2.24) is 15.0 Å². The maximum Gasteiger partial charge on any atom is 0.169 e. The Labute approximate surface area is 98.9 Å². The first-order valence-electron chi connectivity index (χ1n) is 5.71. The van der Waals surface area contributed by atoms with Gasteiger partial charge in [0.1, 0.15) is 5.75 Å². The lowest BCUT2D eigenvalue weighted by Gasteiger charge is -2.06. The van der Waals surface area contributed by atoms with Crippen LogP contribution in [0.1, 0.15) is 30.0 Å². The van der Waals surface area contributed by atoms with E-state index in [1.54, 1.807) is 12.1 Å². The first kappa shape index (κ1) is 10.1. The number of benzene rings is 1. The molecule has 1 aromatic heterocycles. The maximum absolute atomic E-state index is 9.22. The van der Waals surface area contributed by atoms with Crippen molar-refractivity contribution in [3.63, 3.8) is 0 Å². The van der Waals surface area contributed by atoms with Crippen LogP contribution in [0.4, 0.5) is 5.82 Å². The Hall–Kier alpha value is -2.04. The van der Waals surface area contributed by atoms with E-state index in [9.17, 15) is 5.11 Å². The molecule has 17 heavy (non-hydrogen) atoms. The third kappa shape index (κ3) is 1.95. The van der Waals surface area contributed by atoms with Crippen LogP contribution in [0.3, 0.4) is 0 Å². The highest BCUT2D eigenvalue weighted by Crippen LogP contribution is 2.42. The highest BCUT2D eigenvalue weighted by Gasteiger charge is 2.30. The lowest BCUT2D eigenvalue weighted by atomic mass is 10.2. The van der Waals surface area contributed by atoms with Gasteiger partial charge in [0.05, 0.1) is 12.2 Å². The molecular weight excluding hydrogens is 216 g/mol. The van der Waals surface area contributed by atoms with Crippen LogP contribution in [0, 0.1) is 0 Å². The summed E-state index contributed by atoms with van der Waals surface area (Å²) < 4.78 is 1.86. The summed E-state index contributed by atoms with van der Waals surface area (Å²) >= 11 is 0. The largest absolute Gasteiger partial charge is 0.508 e. The lowest BCUT2D eigenvalue weighted by molar-refractivity contribution is 0.475. The summed E-state index contributed by atoms with van der Waals surface area (Å²) in [7, 11) is 0. The lowest BCUT2D eigenvalue weighted by Crippen LogP contribution is -2.06. The minimum atomic E-state index is 0.272. The molecule has 2 aromatic rings. The molecule has 0 amide bonds. The molecule has 0 saturated heterocycles. The number of hydrogen-bond donors (Lipinski definition) is 2. The Kier molecular flexibility index (Phi) is 2.24. The van der Waals surface area contributed by atoms with Crippen LogP contribution in [0.2, 0.25) is 0 Å². The fourth-order valence-corrected chi connectivity index (χ4v) is 2.00. The maximum atomic E-state index is 9.22. The van der Waals surface area contributed by atoms with Crippen LogP contribution in [-0.2, 0) is 6.54 Å². The number of phenols is 1. The summed E-state index contributed by atoms with van der Waals surface area (Å²) in [6, 6.07) is 7.10. The average Bonchev–Trinajstić information content (AvgIpc) is 3.08. The summed E-state index contributed by atoms with van der Waals surface area (Å²) in [4.78, 5) is 0. The Balaban J connectivity index is 1.87. The number of aromatic hydroxyl groups is 1. The minimum absolute atomic E-state index is 0.272. The molecule has 5 nitrogen and oxygen atoms in total. The van der Waals surface area contributed by atoms with Gasteiger partial charge in [0.15, 0.2) is 5.82 Å². The molecule has 1 fully saturated rings. The minimum Gasteiger partial charge on any atom is -0.508 e. The van der Waals surface area contributed by atoms with Gasteiger partial charge in [-0.1, -0.05) is 17.3 Å². The molecule has 1 aliphatic carbocycles. The van der Waals surface area contributed by atoms with E-state index in [1.165, 1.54) is 12.8 Å². The Morgan fingerprint density at radius 1 is 1.29 bits per heavy atom. The molecule has 0 bridgehead atoms. The van der Waals surface area contributed by atoms with Gasteiger partial charge < -0.3 is 10.8 Å². The number of hydrogen-bond acceptors (Lipinski definition) is 4. The molecule has 1 heterocycles. The van der Waals surface area contributed by atoms with Crippen molar-refractivity contribution in [2.75, 3.05) is 5.73 Å². The van der Waals surface area contributed by atoms with Crippen molar-refractivity contribution in [3.05, 3.63) is 35.5 Å². The molecule has 0 unspecified atom stereocenters. The number of nitrogens with two attached hydrogens (primary N) is 1. The molecule has 0 atom stereocenters. The van der Waals surface area contributed by atoms with Crippen LogP contribution >= 0.6 is 0 Å². The van der Waals surface area contributed by atoms with Crippen LogP contribution in [0.5, 0.6) is 5.75 Å². The SMILES string of the molecule is Nc1nnn(Cc2ccc(O)cc2)c1C1CC1. The van der Waals surface area contributed by atoms with E-state index in [1.807, 2.05) is 16.8 Å². The molecule has 1 aromatic carbocycles. The second-order valence-corrected chi connectivity index (χ2v) is 4.46. The number of nitrogens with zero attached hydrogens (tertiary/aromatic N) is 3. The number of anilines is 1. The topological polar surface area (TPSA) is 77.0 Å². The van der Waals surface area contributed by atoms with Crippen molar-refractivity contribution in [2.24, 2.45) is 0 Å². The molecule has 88 valence electrons. The van der Waals surface area contributed by atoms with E-state index in [4.69, 9.17) is 5.73 Å². The molecular formula is C12H14N4O. The first-order chi connectivity index (χ1) is 8.24. The second-order valence-electron chi connectivity index (χ2n) is 4.46. The zero-order valence-corrected chi connectivity index (χ0v) is 9.37. The Morgan fingerprint density at radius 2 is 2.00 bits per heavy atom. The molecule has 1 saturated carbocycles. The normalized spacial score (nSPS) is 15.1. The quantitative estimate of drug-likeness (QED) is 0.837. The monoisotopic (exact) mass is 230 g/mol. The number of nitrogen functional groups attached to an aromatic ring is 1. The van der Waals surface area contributed by atoms with E-state index in [-0.39, 0.29) is 5.75 Å². The van der Waals surface area contributed by atoms with Gasteiger partial charge in [-0.3, -0.25) is 0 Å². The van der Waals surface area contributed by atoms with Gasteiger partial charge in [0, 0.05) is 5.92 Å².